The number of rotatable bonds is 3. The Labute approximate surface area is 59.9 Å². The van der Waals surface area contributed by atoms with Gasteiger partial charge in [0, 0.05) is 6.32 Å². The second kappa shape index (κ2) is 3.89. The van der Waals surface area contributed by atoms with Gasteiger partial charge in [0.05, 0.1) is 0 Å². The zero-order valence-electron chi connectivity index (χ0n) is 6.33. The zero-order valence-corrected chi connectivity index (χ0v) is 6.33. The molecule has 0 heterocycles. The summed E-state index contributed by atoms with van der Waals surface area (Å²) in [6, 6.07) is 0. The molecule has 0 fully saturated rings. The zero-order chi connectivity index (χ0) is 8.20. The molecule has 0 aliphatic carbocycles. The first-order chi connectivity index (χ1) is 4.49. The Bertz CT molecular complexity index is 85.5. The lowest BCUT2D eigenvalue weighted by molar-refractivity contribution is -0.110. The predicted octanol–water partition coefficient (Wildman–Crippen LogP) is 3.08. The van der Waals surface area contributed by atoms with Crippen molar-refractivity contribution in [2.24, 2.45) is 0 Å². The molecular weight excluding hydrogens is 140 g/mol. The maximum absolute atomic E-state index is 11.7. The second-order valence-electron chi connectivity index (χ2n) is 2.50. The fourth-order valence-electron chi connectivity index (χ4n) is 0.905. The van der Waals surface area contributed by atoms with E-state index in [1.807, 2.05) is 0 Å². The van der Waals surface area contributed by atoms with Crippen molar-refractivity contribution in [2.75, 3.05) is 0 Å². The molecule has 0 radical (unpaired) electrons. The van der Waals surface area contributed by atoms with Gasteiger partial charge in [0.15, 0.2) is 0 Å². The Morgan fingerprint density at radius 3 is 1.60 bits per heavy atom. The van der Waals surface area contributed by atoms with Crippen LogP contribution in [-0.4, -0.2) is 12.9 Å². The molecule has 0 amide bonds. The number of hydrogen-bond acceptors (Lipinski definition) is 0. The normalized spacial score (nSPS) is 11.7. The Hall–Kier alpha value is -0.145. The summed E-state index contributed by atoms with van der Waals surface area (Å²) in [5.41, 5.74) is 0. The molecule has 0 saturated heterocycles. The van der Waals surface area contributed by atoms with Crippen LogP contribution >= 0.6 is 0 Å². The highest BCUT2D eigenvalue weighted by Crippen LogP contribution is 2.24. The minimum Gasteiger partial charge on any atom is -0.172 e. The van der Waals surface area contributed by atoms with Gasteiger partial charge in [-0.3, -0.25) is 0 Å². The van der Waals surface area contributed by atoms with Crippen LogP contribution in [0.2, 0.25) is 19.0 Å². The van der Waals surface area contributed by atoms with Gasteiger partial charge in [-0.15, -0.1) is 0 Å². The Balaban J connectivity index is 3.63. The highest BCUT2D eigenvalue weighted by molar-refractivity contribution is 6.58. The van der Waals surface area contributed by atoms with Crippen molar-refractivity contribution < 1.29 is 13.2 Å². The number of halogens is 3. The van der Waals surface area contributed by atoms with E-state index in [1.165, 1.54) is 0 Å². The summed E-state index contributed by atoms with van der Waals surface area (Å²) in [5, 5.41) is 0. The molecule has 0 bridgehead atoms. The summed E-state index contributed by atoms with van der Waals surface area (Å²) in [5.74, 6) is 0. The lowest BCUT2D eigenvalue weighted by Crippen LogP contribution is -2.20. The number of hydrogen-bond donors (Lipinski definition) is 0. The third kappa shape index (κ3) is 4.71. The summed E-state index contributed by atoms with van der Waals surface area (Å²) < 4.78 is 35.0. The average molecular weight is 152 g/mol. The van der Waals surface area contributed by atoms with Crippen molar-refractivity contribution in [3.05, 3.63) is 0 Å². The molecule has 0 aromatic heterocycles. The lowest BCUT2D eigenvalue weighted by atomic mass is 9.43. The van der Waals surface area contributed by atoms with Crippen LogP contribution < -0.4 is 0 Å². The van der Waals surface area contributed by atoms with Gasteiger partial charge in [-0.05, 0) is 0 Å². The van der Waals surface area contributed by atoms with Crippen molar-refractivity contribution >= 4 is 6.71 Å². The second-order valence-corrected chi connectivity index (χ2v) is 2.50. The van der Waals surface area contributed by atoms with E-state index in [2.05, 4.69) is 0 Å². The van der Waals surface area contributed by atoms with Crippen molar-refractivity contribution in [1.82, 2.24) is 0 Å². The highest BCUT2D eigenvalue weighted by Gasteiger charge is 2.31. The van der Waals surface area contributed by atoms with Gasteiger partial charge in [-0.1, -0.05) is 26.5 Å². The van der Waals surface area contributed by atoms with E-state index >= 15 is 0 Å². The van der Waals surface area contributed by atoms with E-state index in [0.29, 0.717) is 12.6 Å². The van der Waals surface area contributed by atoms with Crippen molar-refractivity contribution in [3.8, 4) is 0 Å². The third-order valence-electron chi connectivity index (χ3n) is 1.67. The average Bonchev–Trinajstić information content (AvgIpc) is 1.81. The molecule has 0 saturated carbocycles. The molecule has 0 atom stereocenters. The molecule has 0 N–H and O–H groups in total. The summed E-state index contributed by atoms with van der Waals surface area (Å²) in [7, 11) is 0. The molecule has 0 nitrogen and oxygen atoms in total. The van der Waals surface area contributed by atoms with Gasteiger partial charge in [-0.2, -0.15) is 13.2 Å². The maximum atomic E-state index is 11.7. The van der Waals surface area contributed by atoms with Gasteiger partial charge in [0.2, 0.25) is 0 Å². The summed E-state index contributed by atoms with van der Waals surface area (Å²) in [6.07, 6.45) is -3.36. The molecule has 10 heavy (non-hydrogen) atoms. The van der Waals surface area contributed by atoms with E-state index in [-0.39, 0.29) is 6.71 Å². The number of alkyl halides is 3. The van der Waals surface area contributed by atoms with Gasteiger partial charge in [-0.25, -0.2) is 0 Å². The first kappa shape index (κ1) is 9.85. The van der Waals surface area contributed by atoms with Gasteiger partial charge < -0.3 is 0 Å². The minimum atomic E-state index is -3.98. The van der Waals surface area contributed by atoms with E-state index < -0.39 is 12.5 Å². The summed E-state index contributed by atoms with van der Waals surface area (Å²) >= 11 is 0. The van der Waals surface area contributed by atoms with Gasteiger partial charge in [0.25, 0.3) is 0 Å². The SMILES string of the molecule is CCB(CC)CC(F)(F)F. The van der Waals surface area contributed by atoms with Crippen LogP contribution in [0.1, 0.15) is 13.8 Å². The summed E-state index contributed by atoms with van der Waals surface area (Å²) in [6.45, 7) is 3.40. The van der Waals surface area contributed by atoms with Crippen LogP contribution in [0.5, 0.6) is 0 Å². The Morgan fingerprint density at radius 2 is 1.50 bits per heavy atom. The molecule has 0 unspecified atom stereocenters. The topological polar surface area (TPSA) is 0 Å². The minimum absolute atomic E-state index is 0.181. The molecule has 0 aromatic carbocycles. The quantitative estimate of drug-likeness (QED) is 0.545. The van der Waals surface area contributed by atoms with Gasteiger partial charge >= 0.3 is 6.18 Å². The first-order valence-electron chi connectivity index (χ1n) is 3.56. The van der Waals surface area contributed by atoms with E-state index in [4.69, 9.17) is 0 Å². The monoisotopic (exact) mass is 152 g/mol. The van der Waals surface area contributed by atoms with Crippen LogP contribution in [0, 0.1) is 0 Å². The third-order valence-corrected chi connectivity index (χ3v) is 1.67. The van der Waals surface area contributed by atoms with E-state index in [9.17, 15) is 13.2 Å². The smallest absolute Gasteiger partial charge is 0.172 e. The van der Waals surface area contributed by atoms with Crippen LogP contribution in [0.4, 0.5) is 13.2 Å². The Kier molecular flexibility index (Phi) is 3.83. The Morgan fingerprint density at radius 1 is 1.10 bits per heavy atom. The van der Waals surface area contributed by atoms with E-state index in [1.54, 1.807) is 13.8 Å². The molecular formula is C6H12BF3. The van der Waals surface area contributed by atoms with Gasteiger partial charge in [0.1, 0.15) is 6.71 Å². The largest absolute Gasteiger partial charge is 0.382 e. The molecule has 60 valence electrons. The molecule has 0 aromatic rings. The molecule has 0 aliphatic heterocycles. The maximum Gasteiger partial charge on any atom is 0.382 e. The first-order valence-corrected chi connectivity index (χ1v) is 3.56. The van der Waals surface area contributed by atoms with Crippen LogP contribution in [0.15, 0.2) is 0 Å². The fourth-order valence-corrected chi connectivity index (χ4v) is 0.905. The van der Waals surface area contributed by atoms with Crippen LogP contribution in [0.3, 0.4) is 0 Å². The van der Waals surface area contributed by atoms with Crippen molar-refractivity contribution in [1.29, 1.82) is 0 Å². The molecule has 0 spiro atoms. The fraction of sp³-hybridized carbons (Fsp3) is 1.00. The molecule has 0 rings (SSSR count). The van der Waals surface area contributed by atoms with E-state index in [0.717, 1.165) is 0 Å². The standard InChI is InChI=1S/C6H12BF3/c1-3-7(4-2)5-6(8,9)10/h3-5H2,1-2H3. The van der Waals surface area contributed by atoms with Crippen LogP contribution in [-0.2, 0) is 0 Å². The van der Waals surface area contributed by atoms with Crippen molar-refractivity contribution in [3.63, 3.8) is 0 Å². The van der Waals surface area contributed by atoms with Crippen molar-refractivity contribution in [2.45, 2.75) is 39.0 Å². The lowest BCUT2D eigenvalue weighted by Gasteiger charge is -2.10. The predicted molar refractivity (Wildman–Crippen MR) is 37.6 cm³/mol. The highest BCUT2D eigenvalue weighted by atomic mass is 19.4. The molecule has 4 heteroatoms. The summed E-state index contributed by atoms with van der Waals surface area (Å²) in [4.78, 5) is 0. The van der Waals surface area contributed by atoms with Crippen LogP contribution in [0.25, 0.3) is 0 Å². The molecule has 0 aliphatic rings.